The van der Waals surface area contributed by atoms with Crippen LogP contribution in [0.5, 0.6) is 0 Å². The van der Waals surface area contributed by atoms with Crippen molar-refractivity contribution < 1.29 is 4.74 Å². The Morgan fingerprint density at radius 3 is 2.07 bits per heavy atom. The van der Waals surface area contributed by atoms with Gasteiger partial charge in [0.2, 0.25) is 0 Å². The number of morpholine rings is 1. The van der Waals surface area contributed by atoms with Crippen LogP contribution in [0.4, 0.5) is 17.5 Å². The number of nitriles is 1. The fourth-order valence-electron chi connectivity index (χ4n) is 3.48. The van der Waals surface area contributed by atoms with Gasteiger partial charge in [-0.15, -0.1) is 0 Å². The van der Waals surface area contributed by atoms with E-state index in [4.69, 9.17) is 10.00 Å². The van der Waals surface area contributed by atoms with Crippen LogP contribution in [0, 0.1) is 18.3 Å². The minimum absolute atomic E-state index is 0.455. The largest absolute Gasteiger partial charge is 0.378 e. The van der Waals surface area contributed by atoms with Gasteiger partial charge >= 0.3 is 0 Å². The zero-order valence-corrected chi connectivity index (χ0v) is 15.5. The predicted octanol–water partition coefficient (Wildman–Crippen LogP) is 1.21. The van der Waals surface area contributed by atoms with E-state index in [0.29, 0.717) is 5.69 Å². The van der Waals surface area contributed by atoms with Crippen molar-refractivity contribution in [3.05, 3.63) is 35.8 Å². The average Bonchev–Trinajstić information content (AvgIpc) is 2.74. The molecule has 2 aliphatic rings. The number of nitrogens with zero attached hydrogens (tertiary/aromatic N) is 7. The lowest BCUT2D eigenvalue weighted by molar-refractivity contribution is 0.122. The summed E-state index contributed by atoms with van der Waals surface area (Å²) in [5.41, 5.74) is 0.455. The summed E-state index contributed by atoms with van der Waals surface area (Å²) in [4.78, 5) is 20.4. The van der Waals surface area contributed by atoms with Gasteiger partial charge in [0.15, 0.2) is 0 Å². The first-order valence-corrected chi connectivity index (χ1v) is 9.28. The zero-order valence-electron chi connectivity index (χ0n) is 15.5. The maximum absolute atomic E-state index is 9.05. The first kappa shape index (κ1) is 17.5. The summed E-state index contributed by atoms with van der Waals surface area (Å²) in [6.45, 7) is 8.57. The monoisotopic (exact) mass is 365 g/mol. The van der Waals surface area contributed by atoms with E-state index >= 15 is 0 Å². The number of anilines is 3. The number of hydrogen-bond acceptors (Lipinski definition) is 8. The number of ether oxygens (including phenoxy) is 1. The summed E-state index contributed by atoms with van der Waals surface area (Å²) >= 11 is 0. The van der Waals surface area contributed by atoms with Crippen LogP contribution in [-0.2, 0) is 4.74 Å². The molecule has 0 unspecified atom stereocenters. The van der Waals surface area contributed by atoms with Gasteiger partial charge in [-0.05, 0) is 19.1 Å². The highest BCUT2D eigenvalue weighted by atomic mass is 16.5. The molecule has 0 saturated carbocycles. The van der Waals surface area contributed by atoms with Crippen LogP contribution in [0.2, 0.25) is 0 Å². The number of pyridine rings is 1. The van der Waals surface area contributed by atoms with E-state index in [1.54, 1.807) is 6.07 Å². The Morgan fingerprint density at radius 1 is 0.852 bits per heavy atom. The molecule has 0 radical (unpaired) electrons. The number of aryl methyl sites for hydroxylation is 1. The number of piperazine rings is 1. The Balaban J connectivity index is 1.46. The minimum Gasteiger partial charge on any atom is -0.378 e. The Labute approximate surface area is 159 Å². The molecule has 0 N–H and O–H groups in total. The third kappa shape index (κ3) is 3.93. The van der Waals surface area contributed by atoms with Crippen molar-refractivity contribution in [2.24, 2.45) is 0 Å². The van der Waals surface area contributed by atoms with Gasteiger partial charge < -0.3 is 19.4 Å². The highest BCUT2D eigenvalue weighted by molar-refractivity contribution is 5.53. The van der Waals surface area contributed by atoms with Crippen molar-refractivity contribution in [2.45, 2.75) is 6.92 Å². The molecule has 2 fully saturated rings. The van der Waals surface area contributed by atoms with E-state index in [9.17, 15) is 0 Å². The fraction of sp³-hybridized carbons (Fsp3) is 0.474. The van der Waals surface area contributed by atoms with Gasteiger partial charge in [0, 0.05) is 45.3 Å². The SMILES string of the molecule is Cc1nc(N2CCOCC2)cc(N2CCN(c3cccc(C#N)n3)CC2)n1. The highest BCUT2D eigenvalue weighted by Gasteiger charge is 2.21. The average molecular weight is 365 g/mol. The molecule has 0 bridgehead atoms. The minimum atomic E-state index is 0.455. The Hall–Kier alpha value is -2.92. The van der Waals surface area contributed by atoms with Gasteiger partial charge in [-0.1, -0.05) is 6.07 Å². The van der Waals surface area contributed by atoms with Gasteiger partial charge in [0.1, 0.15) is 35.0 Å². The second kappa shape index (κ2) is 7.76. The molecule has 0 amide bonds. The van der Waals surface area contributed by atoms with Gasteiger partial charge in [-0.2, -0.15) is 5.26 Å². The van der Waals surface area contributed by atoms with E-state index in [1.165, 1.54) is 0 Å². The van der Waals surface area contributed by atoms with Crippen molar-refractivity contribution in [1.29, 1.82) is 5.26 Å². The van der Waals surface area contributed by atoms with Crippen molar-refractivity contribution in [2.75, 3.05) is 67.2 Å². The first-order chi connectivity index (χ1) is 13.2. The van der Waals surface area contributed by atoms with E-state index in [-0.39, 0.29) is 0 Å². The van der Waals surface area contributed by atoms with Crippen LogP contribution in [-0.4, -0.2) is 67.4 Å². The second-order valence-corrected chi connectivity index (χ2v) is 6.70. The normalized spacial score (nSPS) is 17.7. The lowest BCUT2D eigenvalue weighted by Gasteiger charge is -2.36. The Morgan fingerprint density at radius 2 is 1.44 bits per heavy atom. The van der Waals surface area contributed by atoms with Crippen LogP contribution in [0.15, 0.2) is 24.3 Å². The smallest absolute Gasteiger partial charge is 0.142 e. The molecule has 8 heteroatoms. The fourth-order valence-corrected chi connectivity index (χ4v) is 3.48. The molecular formula is C19H23N7O. The summed E-state index contributed by atoms with van der Waals surface area (Å²) < 4.78 is 5.44. The molecule has 2 saturated heterocycles. The van der Waals surface area contributed by atoms with E-state index in [2.05, 4.69) is 41.8 Å². The zero-order chi connectivity index (χ0) is 18.6. The summed E-state index contributed by atoms with van der Waals surface area (Å²) in [5, 5.41) is 9.05. The van der Waals surface area contributed by atoms with Crippen molar-refractivity contribution in [3.63, 3.8) is 0 Å². The first-order valence-electron chi connectivity index (χ1n) is 9.28. The molecule has 2 aromatic heterocycles. The molecule has 140 valence electrons. The molecule has 0 aliphatic carbocycles. The van der Waals surface area contributed by atoms with E-state index < -0.39 is 0 Å². The van der Waals surface area contributed by atoms with Crippen LogP contribution in [0.25, 0.3) is 0 Å². The van der Waals surface area contributed by atoms with E-state index in [1.807, 2.05) is 19.1 Å². The molecule has 2 aromatic rings. The topological polar surface area (TPSA) is 81.4 Å². The number of rotatable bonds is 3. The molecule has 27 heavy (non-hydrogen) atoms. The van der Waals surface area contributed by atoms with Gasteiger partial charge in [-0.3, -0.25) is 0 Å². The molecule has 0 atom stereocenters. The lowest BCUT2D eigenvalue weighted by Crippen LogP contribution is -2.47. The van der Waals surface area contributed by atoms with E-state index in [0.717, 1.165) is 75.8 Å². The van der Waals surface area contributed by atoms with Crippen molar-refractivity contribution >= 4 is 17.5 Å². The molecule has 8 nitrogen and oxygen atoms in total. The maximum Gasteiger partial charge on any atom is 0.142 e. The van der Waals surface area contributed by atoms with Crippen molar-refractivity contribution in [1.82, 2.24) is 15.0 Å². The second-order valence-electron chi connectivity index (χ2n) is 6.70. The van der Waals surface area contributed by atoms with Crippen LogP contribution in [0.1, 0.15) is 11.5 Å². The van der Waals surface area contributed by atoms with Crippen LogP contribution in [0.3, 0.4) is 0 Å². The molecule has 0 spiro atoms. The van der Waals surface area contributed by atoms with Crippen LogP contribution >= 0.6 is 0 Å². The van der Waals surface area contributed by atoms with Crippen molar-refractivity contribution in [3.8, 4) is 6.07 Å². The third-order valence-electron chi connectivity index (χ3n) is 4.92. The predicted molar refractivity (Wildman–Crippen MR) is 103 cm³/mol. The molecule has 4 heterocycles. The molecular weight excluding hydrogens is 342 g/mol. The molecule has 4 rings (SSSR count). The maximum atomic E-state index is 9.05. The quantitative estimate of drug-likeness (QED) is 0.803. The summed E-state index contributed by atoms with van der Waals surface area (Å²) in [5.74, 6) is 3.61. The molecule has 2 aliphatic heterocycles. The van der Waals surface area contributed by atoms with Gasteiger partial charge in [0.05, 0.1) is 13.2 Å². The summed E-state index contributed by atoms with van der Waals surface area (Å²) in [6.07, 6.45) is 0. The third-order valence-corrected chi connectivity index (χ3v) is 4.92. The summed E-state index contributed by atoms with van der Waals surface area (Å²) in [6, 6.07) is 9.77. The molecule has 0 aromatic carbocycles. The van der Waals surface area contributed by atoms with Gasteiger partial charge in [0.25, 0.3) is 0 Å². The lowest BCUT2D eigenvalue weighted by atomic mass is 10.2. The number of aromatic nitrogens is 3. The van der Waals surface area contributed by atoms with Gasteiger partial charge in [-0.25, -0.2) is 15.0 Å². The Kier molecular flexibility index (Phi) is 5.03. The standard InChI is InChI=1S/C19H23N7O/c1-15-21-18(13-19(22-15)26-9-11-27-12-10-26)25-7-5-24(6-8-25)17-4-2-3-16(14-20)23-17/h2-4,13H,5-12H2,1H3. The van der Waals surface area contributed by atoms with Crippen LogP contribution < -0.4 is 14.7 Å². The Bertz CT molecular complexity index is 836. The number of hydrogen-bond donors (Lipinski definition) is 0. The summed E-state index contributed by atoms with van der Waals surface area (Å²) in [7, 11) is 0. The highest BCUT2D eigenvalue weighted by Crippen LogP contribution is 2.22.